The summed E-state index contributed by atoms with van der Waals surface area (Å²) in [4.78, 5) is 25.4. The van der Waals surface area contributed by atoms with Crippen molar-refractivity contribution in [2.75, 3.05) is 13.1 Å². The van der Waals surface area contributed by atoms with E-state index in [0.29, 0.717) is 26.1 Å². The molecule has 2 amide bonds. The largest absolute Gasteiger partial charge is 0.352 e. The Labute approximate surface area is 147 Å². The van der Waals surface area contributed by atoms with Gasteiger partial charge in [-0.05, 0) is 29.7 Å². The van der Waals surface area contributed by atoms with Crippen LogP contribution in [-0.2, 0) is 22.6 Å². The number of nitrogens with zero attached hydrogens (tertiary/aromatic N) is 1. The molecule has 0 saturated heterocycles. The number of carbonyl (C=O) groups excluding carboxylic acids is 2. The number of benzene rings is 2. The third kappa shape index (κ3) is 6.75. The Balaban J connectivity index is 1.75. The SMILES string of the molecule is CC(=O)N(CCC(=O)NCc1ccccc1)CCc1ccc(F)cc1. The van der Waals surface area contributed by atoms with Crippen LogP contribution in [0.3, 0.4) is 0 Å². The minimum Gasteiger partial charge on any atom is -0.352 e. The standard InChI is InChI=1S/C20H23FN2O2/c1-16(24)23(13-11-17-7-9-19(21)10-8-17)14-12-20(25)22-15-18-5-3-2-4-6-18/h2-10H,11-15H2,1H3,(H,22,25). The van der Waals surface area contributed by atoms with Crippen molar-refractivity contribution in [1.82, 2.24) is 10.2 Å². The highest BCUT2D eigenvalue weighted by Crippen LogP contribution is 2.05. The van der Waals surface area contributed by atoms with Crippen molar-refractivity contribution in [2.45, 2.75) is 26.3 Å². The van der Waals surface area contributed by atoms with Gasteiger partial charge in [0.2, 0.25) is 11.8 Å². The molecule has 0 saturated carbocycles. The van der Waals surface area contributed by atoms with Crippen LogP contribution >= 0.6 is 0 Å². The monoisotopic (exact) mass is 342 g/mol. The van der Waals surface area contributed by atoms with Crippen LogP contribution in [0.15, 0.2) is 54.6 Å². The Bertz CT molecular complexity index is 687. The van der Waals surface area contributed by atoms with Crippen molar-refractivity contribution in [3.63, 3.8) is 0 Å². The van der Waals surface area contributed by atoms with Gasteiger partial charge in [-0.2, -0.15) is 0 Å². The second-order valence-electron chi connectivity index (χ2n) is 5.89. The van der Waals surface area contributed by atoms with Crippen LogP contribution in [-0.4, -0.2) is 29.8 Å². The first kappa shape index (κ1) is 18.6. The summed E-state index contributed by atoms with van der Waals surface area (Å²) in [5.74, 6) is -0.433. The van der Waals surface area contributed by atoms with Crippen LogP contribution in [0.4, 0.5) is 4.39 Å². The van der Waals surface area contributed by atoms with Crippen molar-refractivity contribution in [3.8, 4) is 0 Å². The molecule has 25 heavy (non-hydrogen) atoms. The van der Waals surface area contributed by atoms with Crippen molar-refractivity contribution in [2.24, 2.45) is 0 Å². The zero-order valence-corrected chi connectivity index (χ0v) is 14.4. The molecular weight excluding hydrogens is 319 g/mol. The minimum atomic E-state index is -0.276. The molecular formula is C20H23FN2O2. The molecule has 2 rings (SSSR count). The summed E-state index contributed by atoms with van der Waals surface area (Å²) < 4.78 is 12.9. The normalized spacial score (nSPS) is 10.3. The molecule has 0 radical (unpaired) electrons. The number of carbonyl (C=O) groups is 2. The van der Waals surface area contributed by atoms with E-state index in [-0.39, 0.29) is 24.1 Å². The van der Waals surface area contributed by atoms with Crippen LogP contribution in [0.25, 0.3) is 0 Å². The first-order chi connectivity index (χ1) is 12.0. The Morgan fingerprint density at radius 1 is 0.960 bits per heavy atom. The van der Waals surface area contributed by atoms with Gasteiger partial charge in [-0.15, -0.1) is 0 Å². The van der Waals surface area contributed by atoms with Crippen LogP contribution in [0.5, 0.6) is 0 Å². The molecule has 0 aliphatic rings. The average Bonchev–Trinajstić information content (AvgIpc) is 2.62. The highest BCUT2D eigenvalue weighted by Gasteiger charge is 2.11. The molecule has 0 unspecified atom stereocenters. The van der Waals surface area contributed by atoms with E-state index >= 15 is 0 Å². The summed E-state index contributed by atoms with van der Waals surface area (Å²) in [5, 5.41) is 2.85. The Kier molecular flexibility index (Phi) is 7.14. The zero-order valence-electron chi connectivity index (χ0n) is 14.4. The first-order valence-electron chi connectivity index (χ1n) is 8.35. The molecule has 0 bridgehead atoms. The predicted molar refractivity (Wildman–Crippen MR) is 95.3 cm³/mol. The fourth-order valence-electron chi connectivity index (χ4n) is 2.46. The number of halogens is 1. The Morgan fingerprint density at radius 2 is 1.64 bits per heavy atom. The molecule has 132 valence electrons. The van der Waals surface area contributed by atoms with Gasteiger partial charge in [0.15, 0.2) is 0 Å². The summed E-state index contributed by atoms with van der Waals surface area (Å²) >= 11 is 0. The number of hydrogen-bond donors (Lipinski definition) is 1. The smallest absolute Gasteiger partial charge is 0.222 e. The summed E-state index contributed by atoms with van der Waals surface area (Å²) in [7, 11) is 0. The fourth-order valence-corrected chi connectivity index (χ4v) is 2.46. The molecule has 0 atom stereocenters. The highest BCUT2D eigenvalue weighted by atomic mass is 19.1. The third-order valence-corrected chi connectivity index (χ3v) is 3.97. The average molecular weight is 342 g/mol. The highest BCUT2D eigenvalue weighted by molar-refractivity contribution is 5.78. The van der Waals surface area contributed by atoms with E-state index in [9.17, 15) is 14.0 Å². The molecule has 5 heteroatoms. The second-order valence-corrected chi connectivity index (χ2v) is 5.89. The topological polar surface area (TPSA) is 49.4 Å². The van der Waals surface area contributed by atoms with Gasteiger partial charge in [0.05, 0.1) is 0 Å². The van der Waals surface area contributed by atoms with E-state index in [2.05, 4.69) is 5.32 Å². The molecule has 0 aliphatic carbocycles. The number of nitrogens with one attached hydrogen (secondary N) is 1. The van der Waals surface area contributed by atoms with Gasteiger partial charge >= 0.3 is 0 Å². The van der Waals surface area contributed by atoms with Gasteiger partial charge in [0, 0.05) is 33.0 Å². The Hall–Kier alpha value is -2.69. The zero-order chi connectivity index (χ0) is 18.1. The molecule has 2 aromatic rings. The molecule has 0 aliphatic heterocycles. The Morgan fingerprint density at radius 3 is 2.28 bits per heavy atom. The lowest BCUT2D eigenvalue weighted by atomic mass is 10.1. The number of hydrogen-bond acceptors (Lipinski definition) is 2. The van der Waals surface area contributed by atoms with E-state index in [1.807, 2.05) is 30.3 Å². The van der Waals surface area contributed by atoms with Crippen LogP contribution in [0.2, 0.25) is 0 Å². The van der Waals surface area contributed by atoms with Gasteiger partial charge in [0.25, 0.3) is 0 Å². The predicted octanol–water partition coefficient (Wildman–Crippen LogP) is 2.92. The van der Waals surface area contributed by atoms with Gasteiger partial charge < -0.3 is 10.2 Å². The number of rotatable bonds is 8. The lowest BCUT2D eigenvalue weighted by molar-refractivity contribution is -0.129. The van der Waals surface area contributed by atoms with Crippen LogP contribution in [0.1, 0.15) is 24.5 Å². The summed E-state index contributed by atoms with van der Waals surface area (Å²) in [6, 6.07) is 15.9. The maximum Gasteiger partial charge on any atom is 0.222 e. The van der Waals surface area contributed by atoms with E-state index in [1.54, 1.807) is 17.0 Å². The molecule has 0 heterocycles. The van der Waals surface area contributed by atoms with E-state index < -0.39 is 0 Å². The minimum absolute atomic E-state index is 0.0713. The van der Waals surface area contributed by atoms with Gasteiger partial charge in [-0.1, -0.05) is 42.5 Å². The molecule has 0 spiro atoms. The van der Waals surface area contributed by atoms with Crippen molar-refractivity contribution in [3.05, 3.63) is 71.5 Å². The van der Waals surface area contributed by atoms with Gasteiger partial charge in [-0.25, -0.2) is 4.39 Å². The quantitative estimate of drug-likeness (QED) is 0.802. The second kappa shape index (κ2) is 9.57. The summed E-state index contributed by atoms with van der Waals surface area (Å²) in [5.41, 5.74) is 2.00. The van der Waals surface area contributed by atoms with E-state index in [4.69, 9.17) is 0 Å². The molecule has 1 N–H and O–H groups in total. The van der Waals surface area contributed by atoms with E-state index in [0.717, 1.165) is 11.1 Å². The molecule has 2 aromatic carbocycles. The van der Waals surface area contributed by atoms with E-state index in [1.165, 1.54) is 19.1 Å². The third-order valence-electron chi connectivity index (χ3n) is 3.97. The summed E-state index contributed by atoms with van der Waals surface area (Å²) in [6.45, 7) is 2.85. The maximum absolute atomic E-state index is 12.9. The molecule has 0 fully saturated rings. The van der Waals surface area contributed by atoms with Crippen molar-refractivity contribution < 1.29 is 14.0 Å². The van der Waals surface area contributed by atoms with Crippen LogP contribution in [0, 0.1) is 5.82 Å². The van der Waals surface area contributed by atoms with Crippen molar-refractivity contribution >= 4 is 11.8 Å². The summed E-state index contributed by atoms with van der Waals surface area (Å²) in [6.07, 6.45) is 0.890. The lowest BCUT2D eigenvalue weighted by Gasteiger charge is -2.21. The lowest BCUT2D eigenvalue weighted by Crippen LogP contribution is -2.35. The molecule has 0 aromatic heterocycles. The molecule has 4 nitrogen and oxygen atoms in total. The maximum atomic E-state index is 12.9. The first-order valence-corrected chi connectivity index (χ1v) is 8.35. The fraction of sp³-hybridized carbons (Fsp3) is 0.300. The van der Waals surface area contributed by atoms with Crippen LogP contribution < -0.4 is 5.32 Å². The van der Waals surface area contributed by atoms with Gasteiger partial charge in [-0.3, -0.25) is 9.59 Å². The van der Waals surface area contributed by atoms with Crippen molar-refractivity contribution in [1.29, 1.82) is 0 Å². The van der Waals surface area contributed by atoms with Gasteiger partial charge in [0.1, 0.15) is 5.82 Å². The number of amides is 2.